The first kappa shape index (κ1) is 15.3. The number of hydrogen-bond donors (Lipinski definition) is 3. The predicted molar refractivity (Wildman–Crippen MR) is 71.1 cm³/mol. The Bertz CT molecular complexity index is 383. The molecule has 0 aliphatic heterocycles. The van der Waals surface area contributed by atoms with E-state index in [1.165, 1.54) is 0 Å². The molecule has 1 rings (SSSR count). The smallest absolute Gasteiger partial charge is 0.234 e. The molecule has 0 atom stereocenters. The number of nitrogens with two attached hydrogens (primary N) is 1. The van der Waals surface area contributed by atoms with E-state index < -0.39 is 0 Å². The number of rotatable bonds is 8. The zero-order valence-corrected chi connectivity index (χ0v) is 11.2. The maximum absolute atomic E-state index is 11.5. The number of hydrogen-bond acceptors (Lipinski definition) is 7. The lowest BCUT2D eigenvalue weighted by molar-refractivity contribution is -0.122. The monoisotopic (exact) mass is 268 g/mol. The van der Waals surface area contributed by atoms with E-state index in [1.807, 2.05) is 11.9 Å². The molecular formula is C11H20N6O2. The van der Waals surface area contributed by atoms with Crippen LogP contribution in [0.25, 0.3) is 0 Å². The van der Waals surface area contributed by atoms with Gasteiger partial charge in [0.2, 0.25) is 5.91 Å². The predicted octanol–water partition coefficient (Wildman–Crippen LogP) is -1.04. The highest BCUT2D eigenvalue weighted by Crippen LogP contribution is 2.01. The Labute approximate surface area is 112 Å². The Morgan fingerprint density at radius 1 is 1.47 bits per heavy atom. The molecule has 0 fully saturated rings. The molecule has 0 saturated heterocycles. The number of hydrazine groups is 1. The third-order valence-electron chi connectivity index (χ3n) is 2.33. The van der Waals surface area contributed by atoms with Crippen LogP contribution in [0.15, 0.2) is 12.4 Å². The minimum Gasteiger partial charge on any atom is -0.383 e. The number of ether oxygens (including phenoxy) is 1. The fourth-order valence-electron chi connectivity index (χ4n) is 1.44. The van der Waals surface area contributed by atoms with Gasteiger partial charge in [-0.15, -0.1) is 0 Å². The van der Waals surface area contributed by atoms with Gasteiger partial charge in [0.05, 0.1) is 31.2 Å². The third-order valence-corrected chi connectivity index (χ3v) is 2.33. The van der Waals surface area contributed by atoms with Crippen molar-refractivity contribution in [1.82, 2.24) is 20.2 Å². The summed E-state index contributed by atoms with van der Waals surface area (Å²) in [6.45, 7) is 1.85. The summed E-state index contributed by atoms with van der Waals surface area (Å²) in [7, 11) is 3.43. The fraction of sp³-hybridized carbons (Fsp3) is 0.545. The third kappa shape index (κ3) is 6.09. The standard InChI is InChI=1S/C11H20N6O2/c1-17(8-11(18)13-3-4-19-2)7-9-5-15-10(16-12)6-14-9/h5-6H,3-4,7-8,12H2,1-2H3,(H,13,18)(H,15,16). The summed E-state index contributed by atoms with van der Waals surface area (Å²) in [5, 5.41) is 2.75. The van der Waals surface area contributed by atoms with Gasteiger partial charge in [-0.1, -0.05) is 0 Å². The molecule has 0 aliphatic carbocycles. The molecule has 19 heavy (non-hydrogen) atoms. The van der Waals surface area contributed by atoms with E-state index in [0.29, 0.717) is 32.1 Å². The summed E-state index contributed by atoms with van der Waals surface area (Å²) in [4.78, 5) is 21.6. The zero-order chi connectivity index (χ0) is 14.1. The fourth-order valence-corrected chi connectivity index (χ4v) is 1.44. The molecule has 0 spiro atoms. The summed E-state index contributed by atoms with van der Waals surface area (Å²) in [5.74, 6) is 5.65. The Morgan fingerprint density at radius 2 is 2.26 bits per heavy atom. The van der Waals surface area contributed by atoms with Gasteiger partial charge in [0.15, 0.2) is 5.82 Å². The lowest BCUT2D eigenvalue weighted by atomic mass is 10.4. The van der Waals surface area contributed by atoms with Gasteiger partial charge in [-0.2, -0.15) is 0 Å². The van der Waals surface area contributed by atoms with Crippen molar-refractivity contribution in [2.75, 3.05) is 39.3 Å². The van der Waals surface area contributed by atoms with E-state index in [-0.39, 0.29) is 5.91 Å². The number of aromatic nitrogens is 2. The molecule has 1 amide bonds. The molecule has 0 saturated carbocycles. The molecule has 8 heteroatoms. The molecule has 4 N–H and O–H groups in total. The molecule has 1 heterocycles. The number of anilines is 1. The summed E-state index contributed by atoms with van der Waals surface area (Å²) in [6, 6.07) is 0. The van der Waals surface area contributed by atoms with E-state index in [9.17, 15) is 4.79 Å². The van der Waals surface area contributed by atoms with Crippen LogP contribution in [0.2, 0.25) is 0 Å². The van der Waals surface area contributed by atoms with Crippen molar-refractivity contribution in [2.45, 2.75) is 6.54 Å². The highest BCUT2D eigenvalue weighted by molar-refractivity contribution is 5.77. The van der Waals surface area contributed by atoms with Crippen molar-refractivity contribution in [3.8, 4) is 0 Å². The average Bonchev–Trinajstić information content (AvgIpc) is 2.39. The van der Waals surface area contributed by atoms with Crippen LogP contribution in [0.4, 0.5) is 5.82 Å². The Kier molecular flexibility index (Phi) is 6.72. The Hall–Kier alpha value is -1.77. The minimum absolute atomic E-state index is 0.0484. The van der Waals surface area contributed by atoms with Crippen LogP contribution in [0, 0.1) is 0 Å². The van der Waals surface area contributed by atoms with Gasteiger partial charge in [-0.3, -0.25) is 14.7 Å². The van der Waals surface area contributed by atoms with Crippen LogP contribution < -0.4 is 16.6 Å². The molecular weight excluding hydrogens is 248 g/mol. The van der Waals surface area contributed by atoms with Crippen LogP contribution >= 0.6 is 0 Å². The van der Waals surface area contributed by atoms with Crippen molar-refractivity contribution in [3.63, 3.8) is 0 Å². The van der Waals surface area contributed by atoms with E-state index >= 15 is 0 Å². The van der Waals surface area contributed by atoms with Gasteiger partial charge in [0, 0.05) is 20.2 Å². The van der Waals surface area contributed by atoms with E-state index in [0.717, 1.165) is 5.69 Å². The number of nitrogen functional groups attached to an aromatic ring is 1. The minimum atomic E-state index is -0.0484. The number of carbonyl (C=O) groups is 1. The van der Waals surface area contributed by atoms with Gasteiger partial charge < -0.3 is 15.5 Å². The summed E-state index contributed by atoms with van der Waals surface area (Å²) >= 11 is 0. The topological polar surface area (TPSA) is 105 Å². The van der Waals surface area contributed by atoms with E-state index in [4.69, 9.17) is 10.6 Å². The van der Waals surface area contributed by atoms with E-state index in [2.05, 4.69) is 20.7 Å². The number of nitrogens with one attached hydrogen (secondary N) is 2. The molecule has 1 aromatic heterocycles. The second-order valence-corrected chi connectivity index (χ2v) is 4.05. The van der Waals surface area contributed by atoms with Crippen molar-refractivity contribution in [1.29, 1.82) is 0 Å². The van der Waals surface area contributed by atoms with E-state index in [1.54, 1.807) is 19.5 Å². The normalized spacial score (nSPS) is 10.5. The zero-order valence-electron chi connectivity index (χ0n) is 11.2. The summed E-state index contributed by atoms with van der Waals surface area (Å²) in [5.41, 5.74) is 3.17. The largest absolute Gasteiger partial charge is 0.383 e. The maximum atomic E-state index is 11.5. The first-order valence-electron chi connectivity index (χ1n) is 5.87. The van der Waals surface area contributed by atoms with Crippen LogP contribution in [-0.4, -0.2) is 54.6 Å². The highest BCUT2D eigenvalue weighted by Gasteiger charge is 2.07. The number of nitrogens with zero attached hydrogens (tertiary/aromatic N) is 3. The summed E-state index contributed by atoms with van der Waals surface area (Å²) < 4.78 is 4.85. The van der Waals surface area contributed by atoms with Gasteiger partial charge in [-0.25, -0.2) is 10.8 Å². The van der Waals surface area contributed by atoms with Crippen LogP contribution in [0.3, 0.4) is 0 Å². The van der Waals surface area contributed by atoms with Crippen LogP contribution in [-0.2, 0) is 16.1 Å². The van der Waals surface area contributed by atoms with Gasteiger partial charge in [0.1, 0.15) is 0 Å². The maximum Gasteiger partial charge on any atom is 0.234 e. The highest BCUT2D eigenvalue weighted by atomic mass is 16.5. The molecule has 0 aromatic carbocycles. The van der Waals surface area contributed by atoms with Crippen molar-refractivity contribution in [2.24, 2.45) is 5.84 Å². The first-order chi connectivity index (χ1) is 9.15. The second kappa shape index (κ2) is 8.35. The van der Waals surface area contributed by atoms with Crippen LogP contribution in [0.5, 0.6) is 0 Å². The van der Waals surface area contributed by atoms with Gasteiger partial charge in [0.25, 0.3) is 0 Å². The van der Waals surface area contributed by atoms with Crippen LogP contribution in [0.1, 0.15) is 5.69 Å². The molecule has 106 valence electrons. The second-order valence-electron chi connectivity index (χ2n) is 4.05. The molecule has 0 unspecified atom stereocenters. The van der Waals surface area contributed by atoms with Crippen molar-refractivity contribution in [3.05, 3.63) is 18.1 Å². The number of methoxy groups -OCH3 is 1. The first-order valence-corrected chi connectivity index (χ1v) is 5.87. The number of amides is 1. The van der Waals surface area contributed by atoms with Gasteiger partial charge >= 0.3 is 0 Å². The lowest BCUT2D eigenvalue weighted by Gasteiger charge is -2.15. The molecule has 0 aliphatic rings. The average molecular weight is 268 g/mol. The quantitative estimate of drug-likeness (QED) is 0.314. The molecule has 8 nitrogen and oxygen atoms in total. The summed E-state index contributed by atoms with van der Waals surface area (Å²) in [6.07, 6.45) is 3.16. The molecule has 1 aromatic rings. The number of likely N-dealkylation sites (N-methyl/N-ethyl adjacent to an activating group) is 1. The molecule has 0 bridgehead atoms. The Balaban J connectivity index is 2.33. The van der Waals surface area contributed by atoms with Gasteiger partial charge in [-0.05, 0) is 7.05 Å². The molecule has 0 radical (unpaired) electrons. The number of carbonyl (C=O) groups excluding carboxylic acids is 1. The van der Waals surface area contributed by atoms with Crippen molar-refractivity contribution >= 4 is 11.7 Å². The SMILES string of the molecule is COCCNC(=O)CN(C)Cc1cnc(NN)cn1. The van der Waals surface area contributed by atoms with Crippen molar-refractivity contribution < 1.29 is 9.53 Å². The lowest BCUT2D eigenvalue weighted by Crippen LogP contribution is -2.36. The Morgan fingerprint density at radius 3 is 2.84 bits per heavy atom.